The van der Waals surface area contributed by atoms with E-state index in [9.17, 15) is 9.50 Å². The van der Waals surface area contributed by atoms with Crippen molar-refractivity contribution < 1.29 is 14.2 Å². The molecule has 18 heavy (non-hydrogen) atoms. The van der Waals surface area contributed by atoms with E-state index in [-0.39, 0.29) is 5.75 Å². The lowest BCUT2D eigenvalue weighted by molar-refractivity contribution is 0.194. The average Bonchev–Trinajstić information content (AvgIpc) is 2.34. The van der Waals surface area contributed by atoms with Gasteiger partial charge in [-0.15, -0.1) is 0 Å². The molecule has 0 aliphatic heterocycles. The van der Waals surface area contributed by atoms with E-state index in [0.717, 1.165) is 5.56 Å². The maximum atomic E-state index is 13.8. The molecular weight excluding hydrogens is 231 g/mol. The van der Waals surface area contributed by atoms with Gasteiger partial charge in [-0.3, -0.25) is 0 Å². The van der Waals surface area contributed by atoms with Crippen LogP contribution in [0.2, 0.25) is 0 Å². The van der Waals surface area contributed by atoms with Crippen LogP contribution in [0.4, 0.5) is 4.39 Å². The molecule has 0 unspecified atom stereocenters. The molecule has 0 fully saturated rings. The first kappa shape index (κ1) is 12.6. The van der Waals surface area contributed by atoms with Crippen molar-refractivity contribution in [1.82, 2.24) is 0 Å². The fourth-order valence-electron chi connectivity index (χ4n) is 1.74. The zero-order valence-corrected chi connectivity index (χ0v) is 10.4. The minimum absolute atomic E-state index is 0.0850. The van der Waals surface area contributed by atoms with Crippen LogP contribution in [0, 0.1) is 12.7 Å². The molecule has 0 aliphatic carbocycles. The van der Waals surface area contributed by atoms with Gasteiger partial charge in [0.15, 0.2) is 11.6 Å². The third-order valence-corrected chi connectivity index (χ3v) is 2.75. The summed E-state index contributed by atoms with van der Waals surface area (Å²) in [5, 5.41) is 9.63. The van der Waals surface area contributed by atoms with Gasteiger partial charge in [0.2, 0.25) is 0 Å². The summed E-state index contributed by atoms with van der Waals surface area (Å²) >= 11 is 0. The minimum Gasteiger partial charge on any atom is -0.454 e. The topological polar surface area (TPSA) is 29.5 Å². The van der Waals surface area contributed by atoms with E-state index in [2.05, 4.69) is 0 Å². The van der Waals surface area contributed by atoms with Gasteiger partial charge in [0.25, 0.3) is 0 Å². The lowest BCUT2D eigenvalue weighted by Gasteiger charge is -2.15. The monoisotopic (exact) mass is 246 g/mol. The highest BCUT2D eigenvalue weighted by atomic mass is 19.1. The summed E-state index contributed by atoms with van der Waals surface area (Å²) in [6.07, 6.45) is -0.778. The quantitative estimate of drug-likeness (QED) is 0.887. The fraction of sp³-hybridized carbons (Fsp3) is 0.200. The molecule has 0 aliphatic rings. The summed E-state index contributed by atoms with van der Waals surface area (Å²) in [7, 11) is 0. The Labute approximate surface area is 106 Å². The summed E-state index contributed by atoms with van der Waals surface area (Å²) in [5.74, 6) is 0.197. The smallest absolute Gasteiger partial charge is 0.168 e. The Kier molecular flexibility index (Phi) is 3.63. The fourth-order valence-corrected chi connectivity index (χ4v) is 1.74. The largest absolute Gasteiger partial charge is 0.454 e. The van der Waals surface area contributed by atoms with Crippen LogP contribution in [0.15, 0.2) is 42.5 Å². The van der Waals surface area contributed by atoms with Gasteiger partial charge in [0.05, 0.1) is 6.10 Å². The van der Waals surface area contributed by atoms with Crippen LogP contribution in [0.25, 0.3) is 0 Å². The zero-order chi connectivity index (χ0) is 13.1. The normalized spacial score (nSPS) is 12.2. The Morgan fingerprint density at radius 3 is 2.50 bits per heavy atom. The van der Waals surface area contributed by atoms with Crippen LogP contribution in [0.1, 0.15) is 24.2 Å². The molecule has 2 rings (SSSR count). The Morgan fingerprint density at radius 1 is 1.11 bits per heavy atom. The number of hydrogen-bond donors (Lipinski definition) is 1. The van der Waals surface area contributed by atoms with Crippen molar-refractivity contribution in [3.63, 3.8) is 0 Å². The van der Waals surface area contributed by atoms with Gasteiger partial charge in [-0.25, -0.2) is 4.39 Å². The lowest BCUT2D eigenvalue weighted by Crippen LogP contribution is -1.99. The molecule has 1 N–H and O–H groups in total. The van der Waals surface area contributed by atoms with Crippen molar-refractivity contribution in [2.24, 2.45) is 0 Å². The number of aliphatic hydroxyl groups excluding tert-OH is 1. The van der Waals surface area contributed by atoms with Crippen LogP contribution in [0.3, 0.4) is 0 Å². The second-order valence-corrected chi connectivity index (χ2v) is 4.20. The van der Waals surface area contributed by atoms with Crippen LogP contribution < -0.4 is 4.74 Å². The molecule has 94 valence electrons. The summed E-state index contributed by atoms with van der Waals surface area (Å²) in [4.78, 5) is 0. The number of benzene rings is 2. The molecule has 0 spiro atoms. The Hall–Kier alpha value is -1.87. The van der Waals surface area contributed by atoms with Crippen molar-refractivity contribution in [3.05, 3.63) is 59.4 Å². The summed E-state index contributed by atoms with van der Waals surface area (Å²) in [6.45, 7) is 3.47. The first-order chi connectivity index (χ1) is 8.59. The molecule has 0 aromatic heterocycles. The molecule has 0 radical (unpaired) electrons. The lowest BCUT2D eigenvalue weighted by atomic mass is 10.1. The minimum atomic E-state index is -0.778. The van der Waals surface area contributed by atoms with Gasteiger partial charge >= 0.3 is 0 Å². The Morgan fingerprint density at radius 2 is 1.83 bits per heavy atom. The highest BCUT2D eigenvalue weighted by molar-refractivity contribution is 5.42. The number of halogens is 1. The molecule has 2 aromatic rings. The van der Waals surface area contributed by atoms with E-state index in [1.165, 1.54) is 6.07 Å². The van der Waals surface area contributed by atoms with Crippen molar-refractivity contribution in [2.45, 2.75) is 20.0 Å². The molecule has 0 saturated heterocycles. The van der Waals surface area contributed by atoms with E-state index in [1.807, 2.05) is 25.1 Å². The summed E-state index contributed by atoms with van der Waals surface area (Å²) < 4.78 is 19.4. The maximum absolute atomic E-state index is 13.8. The van der Waals surface area contributed by atoms with Crippen LogP contribution in [-0.4, -0.2) is 5.11 Å². The number of rotatable bonds is 3. The first-order valence-corrected chi connectivity index (χ1v) is 5.79. The molecule has 0 saturated carbocycles. The van der Waals surface area contributed by atoms with Gasteiger partial charge in [-0.1, -0.05) is 30.3 Å². The third kappa shape index (κ3) is 2.51. The number of para-hydroxylation sites is 2. The molecule has 2 aromatic carbocycles. The van der Waals surface area contributed by atoms with Crippen molar-refractivity contribution >= 4 is 0 Å². The average molecular weight is 246 g/mol. The maximum Gasteiger partial charge on any atom is 0.168 e. The highest BCUT2D eigenvalue weighted by Gasteiger charge is 2.15. The molecule has 0 bridgehead atoms. The molecular formula is C15H15FO2. The van der Waals surface area contributed by atoms with Gasteiger partial charge in [0, 0.05) is 5.56 Å². The van der Waals surface area contributed by atoms with Crippen molar-refractivity contribution in [2.75, 3.05) is 0 Å². The SMILES string of the molecule is Cc1ccccc1Oc1c(F)cccc1[C@@H](C)O. The first-order valence-electron chi connectivity index (χ1n) is 5.79. The van der Waals surface area contributed by atoms with E-state index in [4.69, 9.17) is 4.74 Å². The number of hydrogen-bond acceptors (Lipinski definition) is 2. The standard InChI is InChI=1S/C15H15FO2/c1-10-6-3-4-9-14(10)18-15-12(11(2)17)7-5-8-13(15)16/h3-9,11,17H,1-2H3/t11-/m1/s1. The van der Waals surface area contributed by atoms with E-state index >= 15 is 0 Å². The predicted molar refractivity (Wildman–Crippen MR) is 68.3 cm³/mol. The molecule has 1 atom stereocenters. The molecule has 3 heteroatoms. The van der Waals surface area contributed by atoms with Gasteiger partial charge in [-0.05, 0) is 31.5 Å². The third-order valence-electron chi connectivity index (χ3n) is 2.75. The van der Waals surface area contributed by atoms with Crippen molar-refractivity contribution in [3.8, 4) is 11.5 Å². The van der Waals surface area contributed by atoms with Crippen LogP contribution in [0.5, 0.6) is 11.5 Å². The van der Waals surface area contributed by atoms with Crippen molar-refractivity contribution in [1.29, 1.82) is 0 Å². The number of aryl methyl sites for hydroxylation is 1. The van der Waals surface area contributed by atoms with Crippen LogP contribution >= 0.6 is 0 Å². The molecule has 0 heterocycles. The van der Waals surface area contributed by atoms with Gasteiger partial charge < -0.3 is 9.84 Å². The van der Waals surface area contributed by atoms with Crippen LogP contribution in [-0.2, 0) is 0 Å². The Bertz CT molecular complexity index is 550. The van der Waals surface area contributed by atoms with E-state index in [1.54, 1.807) is 25.1 Å². The van der Waals surface area contributed by atoms with Gasteiger partial charge in [-0.2, -0.15) is 0 Å². The Balaban J connectivity index is 2.43. The second-order valence-electron chi connectivity index (χ2n) is 4.20. The van der Waals surface area contributed by atoms with Gasteiger partial charge in [0.1, 0.15) is 5.75 Å². The summed E-state index contributed by atoms with van der Waals surface area (Å²) in [6, 6.07) is 11.9. The summed E-state index contributed by atoms with van der Waals surface area (Å²) in [5.41, 5.74) is 1.36. The molecule has 2 nitrogen and oxygen atoms in total. The number of ether oxygens (including phenoxy) is 1. The highest BCUT2D eigenvalue weighted by Crippen LogP contribution is 2.33. The zero-order valence-electron chi connectivity index (χ0n) is 10.4. The number of aliphatic hydroxyl groups is 1. The predicted octanol–water partition coefficient (Wildman–Crippen LogP) is 3.98. The second kappa shape index (κ2) is 5.19. The van der Waals surface area contributed by atoms with E-state index in [0.29, 0.717) is 11.3 Å². The molecule has 0 amide bonds. The van der Waals surface area contributed by atoms with E-state index < -0.39 is 11.9 Å².